The van der Waals surface area contributed by atoms with Gasteiger partial charge in [0.2, 0.25) is 0 Å². The van der Waals surface area contributed by atoms with Gasteiger partial charge in [-0.05, 0) is 31.5 Å². The van der Waals surface area contributed by atoms with Crippen LogP contribution in [0.3, 0.4) is 0 Å². The van der Waals surface area contributed by atoms with Crippen molar-refractivity contribution < 1.29 is 14.3 Å². The van der Waals surface area contributed by atoms with E-state index >= 15 is 0 Å². The molecule has 0 spiro atoms. The van der Waals surface area contributed by atoms with Gasteiger partial charge in [0.15, 0.2) is 16.8 Å². The lowest BCUT2D eigenvalue weighted by molar-refractivity contribution is 0.0545. The van der Waals surface area contributed by atoms with E-state index in [1.54, 1.807) is 18.2 Å². The second-order valence-corrected chi connectivity index (χ2v) is 8.45. The Morgan fingerprint density at radius 3 is 2.29 bits per heavy atom. The molecule has 1 atom stereocenters. The van der Waals surface area contributed by atoms with Crippen molar-refractivity contribution in [3.63, 3.8) is 0 Å². The van der Waals surface area contributed by atoms with E-state index in [2.05, 4.69) is 30.9 Å². The van der Waals surface area contributed by atoms with Gasteiger partial charge in [0.25, 0.3) is 0 Å². The molecule has 0 saturated heterocycles. The molecule has 0 bridgehead atoms. The molecule has 1 aromatic heterocycles. The van der Waals surface area contributed by atoms with E-state index < -0.39 is 6.10 Å². The predicted molar refractivity (Wildman–Crippen MR) is 139 cm³/mol. The summed E-state index contributed by atoms with van der Waals surface area (Å²) in [5.74, 6) is 0.930. The molecule has 1 heterocycles. The van der Waals surface area contributed by atoms with E-state index in [-0.39, 0.29) is 30.5 Å². The summed E-state index contributed by atoms with van der Waals surface area (Å²) in [6.07, 6.45) is -0.699. The number of hydrogen-bond acceptors (Lipinski definition) is 5. The summed E-state index contributed by atoms with van der Waals surface area (Å²) in [7, 11) is 0. The highest BCUT2D eigenvalue weighted by Crippen LogP contribution is 2.28. The lowest BCUT2D eigenvalue weighted by Gasteiger charge is -2.28. The van der Waals surface area contributed by atoms with Crippen LogP contribution in [0.25, 0.3) is 22.3 Å². The van der Waals surface area contributed by atoms with Crippen LogP contribution in [0.4, 0.5) is 0 Å². The van der Waals surface area contributed by atoms with Crippen LogP contribution in [0, 0.1) is 0 Å². The molecule has 1 N–H and O–H groups in total. The summed E-state index contributed by atoms with van der Waals surface area (Å²) in [4.78, 5) is 14.9. The number of benzene rings is 3. The smallest absolute Gasteiger partial charge is 0.193 e. The molecule has 4 aromatic rings. The molecule has 0 aliphatic carbocycles. The molecular weight excluding hydrogens is 450 g/mol. The van der Waals surface area contributed by atoms with Gasteiger partial charge in [-0.2, -0.15) is 0 Å². The fourth-order valence-electron chi connectivity index (χ4n) is 3.79. The normalized spacial score (nSPS) is 12.0. The van der Waals surface area contributed by atoms with Crippen LogP contribution in [-0.4, -0.2) is 35.3 Å². The largest absolute Gasteiger partial charge is 0.487 e. The zero-order valence-corrected chi connectivity index (χ0v) is 20.2. The lowest BCUT2D eigenvalue weighted by atomic mass is 10.1. The van der Waals surface area contributed by atoms with Crippen molar-refractivity contribution in [3.8, 4) is 17.1 Å². The molecule has 0 aliphatic heterocycles. The summed E-state index contributed by atoms with van der Waals surface area (Å²) in [6, 6.07) is 26.7. The van der Waals surface area contributed by atoms with Crippen LogP contribution in [0.1, 0.15) is 19.4 Å². The third-order valence-corrected chi connectivity index (χ3v) is 5.61. The van der Waals surface area contributed by atoms with Gasteiger partial charge in [0.05, 0.1) is 5.39 Å². The molecule has 6 heteroatoms. The van der Waals surface area contributed by atoms with Crippen molar-refractivity contribution in [1.82, 2.24) is 4.90 Å². The maximum atomic E-state index is 12.7. The quantitative estimate of drug-likeness (QED) is 0.342. The Kier molecular flexibility index (Phi) is 8.88. The van der Waals surface area contributed by atoms with Crippen LogP contribution >= 0.6 is 12.4 Å². The van der Waals surface area contributed by atoms with Gasteiger partial charge in [0, 0.05) is 30.8 Å². The van der Waals surface area contributed by atoms with Crippen LogP contribution in [0.2, 0.25) is 0 Å². The average molecular weight is 480 g/mol. The van der Waals surface area contributed by atoms with Crippen molar-refractivity contribution in [2.75, 3.05) is 13.2 Å². The summed E-state index contributed by atoms with van der Waals surface area (Å²) < 4.78 is 12.0. The highest BCUT2D eigenvalue weighted by Gasteiger charge is 2.17. The number of hydrogen-bond donors (Lipinski definition) is 1. The molecule has 178 valence electrons. The van der Waals surface area contributed by atoms with Crippen LogP contribution in [0.5, 0.6) is 5.75 Å². The SMILES string of the molecule is CC(C)N(Cc1ccccc1)CC(O)COc1cccc2c(=O)cc(-c3ccccc3)oc12.Cl. The fourth-order valence-corrected chi connectivity index (χ4v) is 3.79. The van der Waals surface area contributed by atoms with Gasteiger partial charge in [-0.1, -0.05) is 66.7 Å². The highest BCUT2D eigenvalue weighted by molar-refractivity contribution is 5.85. The zero-order chi connectivity index (χ0) is 23.2. The molecule has 1 unspecified atom stereocenters. The van der Waals surface area contributed by atoms with Crippen molar-refractivity contribution in [2.45, 2.75) is 32.5 Å². The molecule has 4 rings (SSSR count). The van der Waals surface area contributed by atoms with Gasteiger partial charge >= 0.3 is 0 Å². The van der Waals surface area contributed by atoms with E-state index in [9.17, 15) is 9.90 Å². The van der Waals surface area contributed by atoms with Gasteiger partial charge in [-0.15, -0.1) is 12.4 Å². The molecule has 0 radical (unpaired) electrons. The van der Waals surface area contributed by atoms with Crippen LogP contribution in [0.15, 0.2) is 94.1 Å². The Labute approximate surface area is 206 Å². The maximum Gasteiger partial charge on any atom is 0.193 e. The number of fused-ring (bicyclic) bond motifs is 1. The van der Waals surface area contributed by atoms with E-state index in [1.165, 1.54) is 11.6 Å². The van der Waals surface area contributed by atoms with Crippen molar-refractivity contribution >= 4 is 23.4 Å². The Morgan fingerprint density at radius 2 is 1.62 bits per heavy atom. The third-order valence-electron chi connectivity index (χ3n) is 5.61. The molecule has 0 saturated carbocycles. The van der Waals surface area contributed by atoms with Gasteiger partial charge in [0.1, 0.15) is 18.5 Å². The Bertz CT molecular complexity index is 1240. The second kappa shape index (κ2) is 11.8. The number of halogens is 1. The summed E-state index contributed by atoms with van der Waals surface area (Å²) in [6.45, 7) is 5.54. The topological polar surface area (TPSA) is 62.9 Å². The van der Waals surface area contributed by atoms with E-state index in [4.69, 9.17) is 9.15 Å². The monoisotopic (exact) mass is 479 g/mol. The predicted octanol–water partition coefficient (Wildman–Crippen LogP) is 5.53. The number of nitrogens with zero attached hydrogens (tertiary/aromatic N) is 1. The molecule has 5 nitrogen and oxygen atoms in total. The van der Waals surface area contributed by atoms with E-state index in [0.717, 1.165) is 12.1 Å². The third kappa shape index (κ3) is 6.26. The summed E-state index contributed by atoms with van der Waals surface area (Å²) >= 11 is 0. The van der Waals surface area contributed by atoms with E-state index in [1.807, 2.05) is 48.5 Å². The minimum Gasteiger partial charge on any atom is -0.487 e. The minimum absolute atomic E-state index is 0. The Morgan fingerprint density at radius 1 is 0.941 bits per heavy atom. The Hall–Kier alpha value is -3.12. The summed E-state index contributed by atoms with van der Waals surface area (Å²) in [5.41, 5.74) is 2.28. The molecule has 0 amide bonds. The van der Waals surface area contributed by atoms with Gasteiger partial charge < -0.3 is 14.3 Å². The number of aliphatic hydroxyl groups is 1. The standard InChI is InChI=1S/C28H29NO4.ClH/c1-20(2)29(17-21-10-5-3-6-11-21)18-23(30)19-32-26-15-9-14-24-25(31)16-27(33-28(24)26)22-12-7-4-8-13-22;/h3-16,20,23,30H,17-19H2,1-2H3;1H. The minimum atomic E-state index is -0.699. The molecule has 34 heavy (non-hydrogen) atoms. The van der Waals surface area contributed by atoms with Gasteiger partial charge in [-0.25, -0.2) is 0 Å². The fraction of sp³-hybridized carbons (Fsp3) is 0.250. The van der Waals surface area contributed by atoms with Gasteiger partial charge in [-0.3, -0.25) is 9.69 Å². The first kappa shape index (κ1) is 25.5. The zero-order valence-electron chi connectivity index (χ0n) is 19.4. The Balaban J connectivity index is 0.00000324. The average Bonchev–Trinajstić information content (AvgIpc) is 2.83. The first-order chi connectivity index (χ1) is 16.0. The van der Waals surface area contributed by atoms with Crippen molar-refractivity contribution in [1.29, 1.82) is 0 Å². The van der Waals surface area contributed by atoms with Crippen molar-refractivity contribution in [2.24, 2.45) is 0 Å². The number of aliphatic hydroxyl groups excluding tert-OH is 1. The number of ether oxygens (including phenoxy) is 1. The van der Waals surface area contributed by atoms with E-state index in [0.29, 0.717) is 29.0 Å². The van der Waals surface area contributed by atoms with Crippen LogP contribution in [-0.2, 0) is 6.54 Å². The first-order valence-corrected chi connectivity index (χ1v) is 11.2. The first-order valence-electron chi connectivity index (χ1n) is 11.2. The molecule has 0 aliphatic rings. The van der Waals surface area contributed by atoms with Crippen LogP contribution < -0.4 is 10.2 Å². The second-order valence-electron chi connectivity index (χ2n) is 8.45. The number of para-hydroxylation sites is 1. The summed E-state index contributed by atoms with van der Waals surface area (Å²) in [5, 5.41) is 11.2. The number of rotatable bonds is 9. The molecule has 0 fully saturated rings. The maximum absolute atomic E-state index is 12.7. The van der Waals surface area contributed by atoms with Crippen molar-refractivity contribution in [3.05, 3.63) is 101 Å². The molecule has 3 aromatic carbocycles. The molecular formula is C28H30ClNO4. The highest BCUT2D eigenvalue weighted by atomic mass is 35.5. The lowest BCUT2D eigenvalue weighted by Crippen LogP contribution is -2.39.